The van der Waals surface area contributed by atoms with E-state index < -0.39 is 5.97 Å². The second kappa shape index (κ2) is 8.97. The van der Waals surface area contributed by atoms with Crippen LogP contribution in [0.1, 0.15) is 48.1 Å². The third-order valence-electron chi connectivity index (χ3n) is 5.70. The average Bonchev–Trinajstić information content (AvgIpc) is 3.13. The van der Waals surface area contributed by atoms with Gasteiger partial charge in [-0.05, 0) is 73.7 Å². The van der Waals surface area contributed by atoms with E-state index in [2.05, 4.69) is 54.4 Å². The highest BCUT2D eigenvalue weighted by Crippen LogP contribution is 2.28. The molecule has 1 aliphatic rings. The number of likely N-dealkylation sites (tertiary alicyclic amines) is 1. The van der Waals surface area contributed by atoms with E-state index in [0.29, 0.717) is 6.54 Å². The molecule has 0 unspecified atom stereocenters. The lowest BCUT2D eigenvalue weighted by molar-refractivity contribution is -0.141. The van der Waals surface area contributed by atoms with Crippen LogP contribution in [0.3, 0.4) is 0 Å². The Labute approximate surface area is 172 Å². The van der Waals surface area contributed by atoms with Gasteiger partial charge in [0, 0.05) is 23.8 Å². The highest BCUT2D eigenvalue weighted by atomic mass is 35.5. The molecule has 2 aromatic carbocycles. The van der Waals surface area contributed by atoms with E-state index in [0.717, 1.165) is 42.2 Å². The lowest BCUT2D eigenvalue weighted by Gasteiger charge is -2.22. The van der Waals surface area contributed by atoms with Gasteiger partial charge in [0.1, 0.15) is 0 Å². The van der Waals surface area contributed by atoms with Crippen LogP contribution < -0.4 is 5.32 Å². The summed E-state index contributed by atoms with van der Waals surface area (Å²) in [5, 5.41) is 13.7. The summed E-state index contributed by atoms with van der Waals surface area (Å²) in [5.74, 6) is -0.919. The number of rotatable bonds is 7. The van der Waals surface area contributed by atoms with Crippen molar-refractivity contribution in [1.82, 2.24) is 4.90 Å². The Morgan fingerprint density at radius 3 is 2.68 bits per heavy atom. The molecular weight excluding hydrogens is 372 g/mol. The number of nitrogens with zero attached hydrogens (tertiary/aromatic N) is 1. The van der Waals surface area contributed by atoms with Crippen LogP contribution in [0.25, 0.3) is 0 Å². The molecule has 3 rings (SSSR count). The van der Waals surface area contributed by atoms with Gasteiger partial charge in [0.2, 0.25) is 0 Å². The minimum atomic E-state index is -0.682. The molecule has 1 aliphatic heterocycles. The van der Waals surface area contributed by atoms with Crippen LogP contribution in [0.4, 0.5) is 5.69 Å². The van der Waals surface area contributed by atoms with E-state index in [9.17, 15) is 9.90 Å². The van der Waals surface area contributed by atoms with Crippen molar-refractivity contribution in [3.05, 3.63) is 63.7 Å². The number of hydrogen-bond donors (Lipinski definition) is 2. The van der Waals surface area contributed by atoms with E-state index in [4.69, 9.17) is 11.6 Å². The number of aryl methyl sites for hydroxylation is 2. The molecule has 2 atom stereocenters. The number of carbonyl (C=O) groups is 1. The molecule has 0 bridgehead atoms. The van der Waals surface area contributed by atoms with E-state index in [1.54, 1.807) is 0 Å². The number of aliphatic carboxylic acids is 1. The number of nitrogens with one attached hydrogen (secondary N) is 1. The minimum Gasteiger partial charge on any atom is -0.481 e. The molecule has 2 N–H and O–H groups in total. The van der Waals surface area contributed by atoms with E-state index in [1.165, 1.54) is 16.7 Å². The second-order valence-corrected chi connectivity index (χ2v) is 8.22. The Bertz CT molecular complexity index is 852. The summed E-state index contributed by atoms with van der Waals surface area (Å²) in [6.45, 7) is 8.59. The molecule has 2 aromatic rings. The van der Waals surface area contributed by atoms with Gasteiger partial charge in [-0.1, -0.05) is 36.7 Å². The zero-order valence-corrected chi connectivity index (χ0v) is 17.6. The summed E-state index contributed by atoms with van der Waals surface area (Å²) < 4.78 is 0. The highest BCUT2D eigenvalue weighted by molar-refractivity contribution is 6.31. The summed E-state index contributed by atoms with van der Waals surface area (Å²) >= 11 is 6.18. The van der Waals surface area contributed by atoms with Crippen molar-refractivity contribution in [2.45, 2.75) is 46.2 Å². The van der Waals surface area contributed by atoms with Gasteiger partial charge < -0.3 is 10.4 Å². The van der Waals surface area contributed by atoms with Crippen molar-refractivity contribution in [3.63, 3.8) is 0 Å². The molecule has 1 heterocycles. The molecule has 0 saturated carbocycles. The molecular formula is C23H29ClN2O2. The number of benzene rings is 2. The van der Waals surface area contributed by atoms with Gasteiger partial charge >= 0.3 is 5.97 Å². The Morgan fingerprint density at radius 2 is 2.04 bits per heavy atom. The third kappa shape index (κ3) is 4.86. The fourth-order valence-electron chi connectivity index (χ4n) is 3.86. The minimum absolute atomic E-state index is 0.217. The van der Waals surface area contributed by atoms with Crippen LogP contribution in [0.15, 0.2) is 36.4 Å². The maximum Gasteiger partial charge on any atom is 0.307 e. The second-order valence-electron chi connectivity index (χ2n) is 7.81. The van der Waals surface area contributed by atoms with Gasteiger partial charge in [0.25, 0.3) is 0 Å². The Hall–Kier alpha value is -2.04. The summed E-state index contributed by atoms with van der Waals surface area (Å²) in [7, 11) is 0. The number of halogens is 1. The fourth-order valence-corrected chi connectivity index (χ4v) is 3.97. The molecule has 5 heteroatoms. The molecule has 0 aliphatic carbocycles. The van der Waals surface area contributed by atoms with Crippen LogP contribution in [0.2, 0.25) is 5.02 Å². The lowest BCUT2D eigenvalue weighted by atomic mass is 10.0. The molecule has 0 radical (unpaired) electrons. The Balaban J connectivity index is 1.73. The smallest absolute Gasteiger partial charge is 0.307 e. The summed E-state index contributed by atoms with van der Waals surface area (Å²) in [6.07, 6.45) is 1.71. The van der Waals surface area contributed by atoms with Gasteiger partial charge in [0.15, 0.2) is 0 Å². The molecule has 1 saturated heterocycles. The largest absolute Gasteiger partial charge is 0.481 e. The van der Waals surface area contributed by atoms with E-state index >= 15 is 0 Å². The Kier molecular flexibility index (Phi) is 6.63. The first-order chi connectivity index (χ1) is 13.4. The Morgan fingerprint density at radius 1 is 1.25 bits per heavy atom. The van der Waals surface area contributed by atoms with Gasteiger partial charge in [-0.25, -0.2) is 0 Å². The predicted molar refractivity (Wildman–Crippen MR) is 115 cm³/mol. The summed E-state index contributed by atoms with van der Waals surface area (Å²) in [4.78, 5) is 13.5. The number of carboxylic acids is 1. The first-order valence-electron chi connectivity index (χ1n) is 9.94. The van der Waals surface area contributed by atoms with Crippen molar-refractivity contribution in [3.8, 4) is 0 Å². The lowest BCUT2D eigenvalue weighted by Crippen LogP contribution is -2.23. The van der Waals surface area contributed by atoms with Crippen molar-refractivity contribution in [2.75, 3.05) is 18.4 Å². The molecule has 0 aromatic heterocycles. The highest BCUT2D eigenvalue weighted by Gasteiger charge is 2.28. The predicted octanol–water partition coefficient (Wildman–Crippen LogP) is 5.43. The van der Waals surface area contributed by atoms with E-state index in [1.807, 2.05) is 13.0 Å². The quantitative estimate of drug-likeness (QED) is 0.650. The molecule has 28 heavy (non-hydrogen) atoms. The first-order valence-corrected chi connectivity index (χ1v) is 10.3. The number of anilines is 1. The van der Waals surface area contributed by atoms with Crippen molar-refractivity contribution in [2.24, 2.45) is 5.92 Å². The molecule has 150 valence electrons. The van der Waals surface area contributed by atoms with Crippen LogP contribution >= 0.6 is 11.6 Å². The standard InChI is InChI=1S/C23H29ClN2O2/c1-4-22(17-6-8-21(24)16(3)11-17)25-20-7-5-15(2)19(12-20)14-26-10-9-18(13-26)23(27)28/h5-8,11-12,18,22,25H,4,9-10,13-14H2,1-3H3,(H,27,28)/t18-,22-/m1/s1. The fraction of sp³-hybridized carbons (Fsp3) is 0.435. The molecule has 1 fully saturated rings. The van der Waals surface area contributed by atoms with Crippen LogP contribution in [0, 0.1) is 19.8 Å². The SMILES string of the molecule is CC[C@@H](Nc1ccc(C)c(CN2CC[C@@H](C(=O)O)C2)c1)c1ccc(Cl)c(C)c1. The number of hydrogen-bond acceptors (Lipinski definition) is 3. The van der Waals surface area contributed by atoms with Gasteiger partial charge in [-0.3, -0.25) is 9.69 Å². The monoisotopic (exact) mass is 400 g/mol. The summed E-state index contributed by atoms with van der Waals surface area (Å²) in [5.41, 5.74) is 5.90. The first kappa shape index (κ1) is 20.7. The molecule has 4 nitrogen and oxygen atoms in total. The number of carboxylic acid groups (broad SMARTS) is 1. The van der Waals surface area contributed by atoms with Crippen molar-refractivity contribution in [1.29, 1.82) is 0 Å². The zero-order chi connectivity index (χ0) is 20.3. The van der Waals surface area contributed by atoms with Crippen LogP contribution in [-0.2, 0) is 11.3 Å². The molecule has 0 amide bonds. The van der Waals surface area contributed by atoms with E-state index in [-0.39, 0.29) is 12.0 Å². The van der Waals surface area contributed by atoms with Crippen LogP contribution in [-0.4, -0.2) is 29.1 Å². The zero-order valence-electron chi connectivity index (χ0n) is 16.8. The van der Waals surface area contributed by atoms with Crippen molar-refractivity contribution >= 4 is 23.3 Å². The molecule has 0 spiro atoms. The maximum atomic E-state index is 11.2. The van der Waals surface area contributed by atoms with Gasteiger partial charge in [-0.2, -0.15) is 0 Å². The van der Waals surface area contributed by atoms with Gasteiger partial charge in [-0.15, -0.1) is 0 Å². The topological polar surface area (TPSA) is 52.6 Å². The summed E-state index contributed by atoms with van der Waals surface area (Å²) in [6, 6.07) is 12.9. The normalized spacial score (nSPS) is 18.2. The van der Waals surface area contributed by atoms with Gasteiger partial charge in [0.05, 0.1) is 12.0 Å². The average molecular weight is 401 g/mol. The van der Waals surface area contributed by atoms with Crippen molar-refractivity contribution < 1.29 is 9.90 Å². The third-order valence-corrected chi connectivity index (χ3v) is 6.12. The van der Waals surface area contributed by atoms with Crippen LogP contribution in [0.5, 0.6) is 0 Å². The maximum absolute atomic E-state index is 11.2.